The van der Waals surface area contributed by atoms with E-state index in [2.05, 4.69) is 70.5 Å². The molecule has 0 saturated carbocycles. The van der Waals surface area contributed by atoms with E-state index in [1.807, 2.05) is 6.07 Å². The van der Waals surface area contributed by atoms with Crippen molar-refractivity contribution in [1.82, 2.24) is 9.80 Å². The van der Waals surface area contributed by atoms with Crippen molar-refractivity contribution in [3.63, 3.8) is 0 Å². The van der Waals surface area contributed by atoms with E-state index in [1.165, 1.54) is 17.2 Å². The molecule has 1 aliphatic heterocycles. The summed E-state index contributed by atoms with van der Waals surface area (Å²) >= 11 is 0. The van der Waals surface area contributed by atoms with Crippen LogP contribution in [0.3, 0.4) is 0 Å². The van der Waals surface area contributed by atoms with Gasteiger partial charge in [-0.1, -0.05) is 72.8 Å². The van der Waals surface area contributed by atoms with Crippen LogP contribution < -0.4 is 0 Å². The maximum absolute atomic E-state index is 13.4. The highest BCUT2D eigenvalue weighted by Gasteiger charge is 2.26. The average Bonchev–Trinajstić information content (AvgIpc) is 2.71. The quantitative estimate of drug-likeness (QED) is 0.649. The normalized spacial score (nSPS) is 15.9. The Kier molecular flexibility index (Phi) is 5.61. The highest BCUT2D eigenvalue weighted by atomic mass is 19.1. The monoisotopic (exact) mass is 360 g/mol. The van der Waals surface area contributed by atoms with E-state index in [0.29, 0.717) is 0 Å². The zero-order chi connectivity index (χ0) is 18.5. The van der Waals surface area contributed by atoms with Crippen LogP contribution >= 0.6 is 0 Å². The molecule has 0 N–H and O–H groups in total. The van der Waals surface area contributed by atoms with Crippen molar-refractivity contribution in [2.45, 2.75) is 12.6 Å². The number of nitrogens with zero attached hydrogens (tertiary/aromatic N) is 2. The van der Waals surface area contributed by atoms with E-state index < -0.39 is 0 Å². The summed E-state index contributed by atoms with van der Waals surface area (Å²) in [5.41, 5.74) is 3.72. The summed E-state index contributed by atoms with van der Waals surface area (Å²) in [5, 5.41) is 0. The van der Waals surface area contributed by atoms with Crippen LogP contribution in [0.4, 0.5) is 4.39 Å². The number of piperazine rings is 1. The maximum Gasteiger partial charge on any atom is 0.123 e. The van der Waals surface area contributed by atoms with Crippen LogP contribution in [0.5, 0.6) is 0 Å². The SMILES string of the molecule is Fc1cccc(CN2CCN(C(c3ccccc3)c3ccccc3)CC2)c1. The fourth-order valence-electron chi connectivity index (χ4n) is 3.96. The fourth-order valence-corrected chi connectivity index (χ4v) is 3.96. The van der Waals surface area contributed by atoms with Gasteiger partial charge in [0.1, 0.15) is 5.82 Å². The van der Waals surface area contributed by atoms with Gasteiger partial charge in [0.25, 0.3) is 0 Å². The highest BCUT2D eigenvalue weighted by molar-refractivity contribution is 5.32. The minimum absolute atomic E-state index is 0.153. The lowest BCUT2D eigenvalue weighted by molar-refractivity contribution is 0.105. The van der Waals surface area contributed by atoms with Gasteiger partial charge in [-0.3, -0.25) is 9.80 Å². The molecule has 0 aromatic heterocycles. The van der Waals surface area contributed by atoms with Gasteiger partial charge in [0.15, 0.2) is 0 Å². The van der Waals surface area contributed by atoms with E-state index >= 15 is 0 Å². The summed E-state index contributed by atoms with van der Waals surface area (Å²) in [7, 11) is 0. The van der Waals surface area contributed by atoms with E-state index in [-0.39, 0.29) is 11.9 Å². The van der Waals surface area contributed by atoms with Crippen LogP contribution in [0.15, 0.2) is 84.9 Å². The molecular weight excluding hydrogens is 335 g/mol. The van der Waals surface area contributed by atoms with Crippen molar-refractivity contribution >= 4 is 0 Å². The van der Waals surface area contributed by atoms with Crippen LogP contribution in [-0.2, 0) is 6.54 Å². The third-order valence-electron chi connectivity index (χ3n) is 5.30. The van der Waals surface area contributed by atoms with Crippen LogP contribution in [-0.4, -0.2) is 36.0 Å². The molecule has 1 fully saturated rings. The first-order valence-electron chi connectivity index (χ1n) is 9.60. The standard InChI is InChI=1S/C24H25FN2/c25-23-13-7-8-20(18-23)19-26-14-16-27(17-15-26)24(21-9-3-1-4-10-21)22-11-5-2-6-12-22/h1-13,18,24H,14-17,19H2. The van der Waals surface area contributed by atoms with E-state index in [4.69, 9.17) is 0 Å². The highest BCUT2D eigenvalue weighted by Crippen LogP contribution is 2.29. The van der Waals surface area contributed by atoms with Crippen molar-refractivity contribution in [2.75, 3.05) is 26.2 Å². The molecule has 1 heterocycles. The van der Waals surface area contributed by atoms with Gasteiger partial charge in [0.2, 0.25) is 0 Å². The summed E-state index contributed by atoms with van der Waals surface area (Å²) in [5.74, 6) is -0.153. The van der Waals surface area contributed by atoms with Crippen LogP contribution in [0.1, 0.15) is 22.7 Å². The lowest BCUT2D eigenvalue weighted by Gasteiger charge is -2.39. The Bertz CT molecular complexity index is 803. The molecule has 0 aliphatic carbocycles. The van der Waals surface area contributed by atoms with E-state index in [9.17, 15) is 4.39 Å². The van der Waals surface area contributed by atoms with Crippen molar-refractivity contribution in [3.05, 3.63) is 107 Å². The summed E-state index contributed by atoms with van der Waals surface area (Å²) in [6, 6.07) is 28.7. The molecule has 0 bridgehead atoms. The average molecular weight is 360 g/mol. The largest absolute Gasteiger partial charge is 0.297 e. The first kappa shape index (κ1) is 17.9. The molecule has 138 valence electrons. The predicted octanol–water partition coefficient (Wildman–Crippen LogP) is 4.73. The van der Waals surface area contributed by atoms with Gasteiger partial charge in [0.05, 0.1) is 6.04 Å². The first-order chi connectivity index (χ1) is 13.3. The lowest BCUT2D eigenvalue weighted by atomic mass is 9.96. The molecular formula is C24H25FN2. The van der Waals surface area contributed by atoms with Crippen LogP contribution in [0.2, 0.25) is 0 Å². The van der Waals surface area contributed by atoms with Gasteiger partial charge in [0, 0.05) is 32.7 Å². The lowest BCUT2D eigenvalue weighted by Crippen LogP contribution is -2.47. The molecule has 2 nitrogen and oxygen atoms in total. The molecule has 0 amide bonds. The summed E-state index contributed by atoms with van der Waals surface area (Å²) in [6.07, 6.45) is 0. The molecule has 0 radical (unpaired) electrons. The Morgan fingerprint density at radius 1 is 0.704 bits per heavy atom. The van der Waals surface area contributed by atoms with Crippen molar-refractivity contribution in [3.8, 4) is 0 Å². The third-order valence-corrected chi connectivity index (χ3v) is 5.30. The van der Waals surface area contributed by atoms with Gasteiger partial charge < -0.3 is 0 Å². The Hall–Kier alpha value is -2.49. The Labute approximate surface area is 160 Å². The smallest absolute Gasteiger partial charge is 0.123 e. The van der Waals surface area contributed by atoms with Crippen molar-refractivity contribution in [1.29, 1.82) is 0 Å². The Balaban J connectivity index is 1.47. The molecule has 27 heavy (non-hydrogen) atoms. The number of hydrogen-bond acceptors (Lipinski definition) is 2. The molecule has 3 aromatic carbocycles. The second kappa shape index (κ2) is 8.47. The third kappa shape index (κ3) is 4.44. The van der Waals surface area contributed by atoms with Gasteiger partial charge in [-0.2, -0.15) is 0 Å². The van der Waals surface area contributed by atoms with Gasteiger partial charge in [-0.15, -0.1) is 0 Å². The molecule has 3 aromatic rings. The van der Waals surface area contributed by atoms with E-state index in [0.717, 1.165) is 38.3 Å². The summed E-state index contributed by atoms with van der Waals surface area (Å²) in [4.78, 5) is 4.98. The minimum atomic E-state index is -0.153. The topological polar surface area (TPSA) is 6.48 Å². The predicted molar refractivity (Wildman–Crippen MR) is 108 cm³/mol. The Morgan fingerprint density at radius 3 is 1.85 bits per heavy atom. The second-order valence-electron chi connectivity index (χ2n) is 7.17. The zero-order valence-electron chi connectivity index (χ0n) is 15.5. The molecule has 0 spiro atoms. The summed E-state index contributed by atoms with van der Waals surface area (Å²) in [6.45, 7) is 4.81. The summed E-state index contributed by atoms with van der Waals surface area (Å²) < 4.78 is 13.4. The van der Waals surface area contributed by atoms with Crippen LogP contribution in [0, 0.1) is 5.82 Å². The maximum atomic E-state index is 13.4. The zero-order valence-corrected chi connectivity index (χ0v) is 15.5. The van der Waals surface area contributed by atoms with Crippen LogP contribution in [0.25, 0.3) is 0 Å². The molecule has 0 unspecified atom stereocenters. The van der Waals surface area contributed by atoms with Gasteiger partial charge in [-0.05, 0) is 28.8 Å². The van der Waals surface area contributed by atoms with E-state index in [1.54, 1.807) is 12.1 Å². The fraction of sp³-hybridized carbons (Fsp3) is 0.250. The number of rotatable bonds is 5. The minimum Gasteiger partial charge on any atom is -0.297 e. The number of hydrogen-bond donors (Lipinski definition) is 0. The molecule has 1 saturated heterocycles. The van der Waals surface area contributed by atoms with Gasteiger partial charge in [-0.25, -0.2) is 4.39 Å². The first-order valence-corrected chi connectivity index (χ1v) is 9.60. The van der Waals surface area contributed by atoms with Crippen molar-refractivity contribution in [2.24, 2.45) is 0 Å². The molecule has 0 atom stereocenters. The Morgan fingerprint density at radius 2 is 1.30 bits per heavy atom. The van der Waals surface area contributed by atoms with Gasteiger partial charge >= 0.3 is 0 Å². The molecule has 1 aliphatic rings. The van der Waals surface area contributed by atoms with Crippen molar-refractivity contribution < 1.29 is 4.39 Å². The second-order valence-corrected chi connectivity index (χ2v) is 7.17. The number of halogens is 1. The molecule has 3 heteroatoms. The molecule has 4 rings (SSSR count). The number of benzene rings is 3.